The lowest BCUT2D eigenvalue weighted by atomic mass is 10.1. The van der Waals surface area contributed by atoms with Gasteiger partial charge < -0.3 is 10.0 Å². The molecule has 1 aromatic rings. The second kappa shape index (κ2) is 4.02. The molecule has 0 radical (unpaired) electrons. The number of aliphatic hydroxyl groups excluding tert-OH is 1. The topological polar surface area (TPSA) is 23.5 Å². The summed E-state index contributed by atoms with van der Waals surface area (Å²) in [6.45, 7) is 2.12. The van der Waals surface area contributed by atoms with Crippen molar-refractivity contribution in [3.63, 3.8) is 0 Å². The number of fused-ring (bicyclic) bond motifs is 1. The molecule has 0 aromatic heterocycles. The number of para-hydroxylation sites is 1. The van der Waals surface area contributed by atoms with Gasteiger partial charge in [0.1, 0.15) is 5.82 Å². The van der Waals surface area contributed by atoms with Crippen molar-refractivity contribution in [2.24, 2.45) is 0 Å². The molecule has 1 aromatic carbocycles. The summed E-state index contributed by atoms with van der Waals surface area (Å²) in [5.41, 5.74) is 0.653. The Morgan fingerprint density at radius 1 is 1.53 bits per heavy atom. The van der Waals surface area contributed by atoms with Gasteiger partial charge in [-0.15, -0.1) is 11.8 Å². The van der Waals surface area contributed by atoms with Gasteiger partial charge in [0.05, 0.1) is 17.5 Å². The number of anilines is 1. The van der Waals surface area contributed by atoms with Gasteiger partial charge in [-0.1, -0.05) is 6.07 Å². The summed E-state index contributed by atoms with van der Waals surface area (Å²) in [5, 5.41) is 9.35. The molecule has 1 heterocycles. The van der Waals surface area contributed by atoms with Gasteiger partial charge in [-0.2, -0.15) is 0 Å². The van der Waals surface area contributed by atoms with Crippen LogP contribution in [0.2, 0.25) is 0 Å². The fourth-order valence-corrected chi connectivity index (χ4v) is 3.13. The number of hydrogen-bond donors (Lipinski definition) is 1. The number of rotatable bonds is 1. The molecule has 4 heteroatoms. The van der Waals surface area contributed by atoms with Crippen LogP contribution in [-0.4, -0.2) is 30.1 Å². The largest absolute Gasteiger partial charge is 0.395 e. The minimum atomic E-state index is -0.189. The highest BCUT2D eigenvalue weighted by molar-refractivity contribution is 8.00. The van der Waals surface area contributed by atoms with Crippen LogP contribution in [0.1, 0.15) is 6.92 Å². The second-order valence-electron chi connectivity index (χ2n) is 3.78. The molecule has 0 amide bonds. The van der Waals surface area contributed by atoms with Gasteiger partial charge in [-0.3, -0.25) is 0 Å². The minimum Gasteiger partial charge on any atom is -0.395 e. The Morgan fingerprint density at radius 3 is 2.93 bits per heavy atom. The molecule has 2 atom stereocenters. The van der Waals surface area contributed by atoms with E-state index >= 15 is 0 Å². The maximum Gasteiger partial charge on any atom is 0.147 e. The Bertz CT molecular complexity index is 372. The Kier molecular flexibility index (Phi) is 2.89. The SMILES string of the molecule is CC1C(CO)Sc2cccc(F)c2N1C. The molecule has 0 saturated carbocycles. The molecular formula is C11H14FNOS. The normalized spacial score (nSPS) is 25.2. The standard InChI is InChI=1S/C11H14FNOS/c1-7-10(6-14)15-9-5-3-4-8(12)11(9)13(7)2/h3-5,7,10,14H,6H2,1-2H3. The summed E-state index contributed by atoms with van der Waals surface area (Å²) in [6.07, 6.45) is 0. The molecule has 0 fully saturated rings. The molecule has 1 aliphatic rings. The molecule has 2 unspecified atom stereocenters. The maximum atomic E-state index is 13.6. The molecule has 0 spiro atoms. The molecule has 0 saturated heterocycles. The van der Waals surface area contributed by atoms with E-state index in [2.05, 4.69) is 0 Å². The number of hydrogen-bond acceptors (Lipinski definition) is 3. The highest BCUT2D eigenvalue weighted by Gasteiger charge is 2.31. The molecule has 1 aliphatic heterocycles. The summed E-state index contributed by atoms with van der Waals surface area (Å²) in [5.74, 6) is -0.189. The van der Waals surface area contributed by atoms with E-state index in [1.165, 1.54) is 6.07 Å². The first-order valence-electron chi connectivity index (χ1n) is 4.94. The van der Waals surface area contributed by atoms with Gasteiger partial charge in [0.2, 0.25) is 0 Å². The lowest BCUT2D eigenvalue weighted by molar-refractivity contribution is 0.282. The van der Waals surface area contributed by atoms with Crippen molar-refractivity contribution in [3.05, 3.63) is 24.0 Å². The van der Waals surface area contributed by atoms with Crippen LogP contribution in [0.3, 0.4) is 0 Å². The molecule has 0 aliphatic carbocycles. The van der Waals surface area contributed by atoms with Gasteiger partial charge >= 0.3 is 0 Å². The fourth-order valence-electron chi connectivity index (χ4n) is 1.84. The molecule has 1 N–H and O–H groups in total. The van der Waals surface area contributed by atoms with E-state index in [-0.39, 0.29) is 23.7 Å². The quantitative estimate of drug-likeness (QED) is 0.795. The van der Waals surface area contributed by atoms with Gasteiger partial charge in [-0.25, -0.2) is 4.39 Å². The van der Waals surface area contributed by atoms with E-state index in [1.54, 1.807) is 17.8 Å². The number of halogens is 1. The van der Waals surface area contributed by atoms with E-state index in [1.807, 2.05) is 24.9 Å². The Morgan fingerprint density at radius 2 is 2.27 bits per heavy atom. The Labute approximate surface area is 93.1 Å². The van der Waals surface area contributed by atoms with Crippen LogP contribution < -0.4 is 4.90 Å². The van der Waals surface area contributed by atoms with Crippen molar-refractivity contribution in [3.8, 4) is 0 Å². The van der Waals surface area contributed by atoms with Crippen molar-refractivity contribution in [1.82, 2.24) is 0 Å². The lowest BCUT2D eigenvalue weighted by Crippen LogP contribution is -2.42. The number of benzene rings is 1. The van der Waals surface area contributed by atoms with Crippen LogP contribution >= 0.6 is 11.8 Å². The van der Waals surface area contributed by atoms with E-state index < -0.39 is 0 Å². The van der Waals surface area contributed by atoms with Crippen LogP contribution in [0.25, 0.3) is 0 Å². The van der Waals surface area contributed by atoms with Crippen LogP contribution in [0, 0.1) is 5.82 Å². The van der Waals surface area contributed by atoms with Gasteiger partial charge in [0, 0.05) is 18.0 Å². The van der Waals surface area contributed by atoms with E-state index in [4.69, 9.17) is 0 Å². The first kappa shape index (κ1) is 10.8. The van der Waals surface area contributed by atoms with Crippen molar-refractivity contribution >= 4 is 17.4 Å². The van der Waals surface area contributed by atoms with Crippen molar-refractivity contribution < 1.29 is 9.50 Å². The molecular weight excluding hydrogens is 213 g/mol. The van der Waals surface area contributed by atoms with Crippen LogP contribution in [0.4, 0.5) is 10.1 Å². The molecule has 2 nitrogen and oxygen atoms in total. The lowest BCUT2D eigenvalue weighted by Gasteiger charge is -2.38. The average molecular weight is 227 g/mol. The first-order valence-corrected chi connectivity index (χ1v) is 5.82. The summed E-state index contributed by atoms with van der Waals surface area (Å²) in [6, 6.07) is 5.22. The average Bonchev–Trinajstić information content (AvgIpc) is 2.23. The first-order chi connectivity index (χ1) is 7.15. The monoisotopic (exact) mass is 227 g/mol. The predicted octanol–water partition coefficient (Wildman–Crippen LogP) is 2.12. The smallest absolute Gasteiger partial charge is 0.147 e. The van der Waals surface area contributed by atoms with Crippen LogP contribution in [0.5, 0.6) is 0 Å². The van der Waals surface area contributed by atoms with Crippen molar-refractivity contribution in [2.45, 2.75) is 23.1 Å². The Balaban J connectivity index is 2.45. The van der Waals surface area contributed by atoms with E-state index in [0.29, 0.717) is 5.69 Å². The maximum absolute atomic E-state index is 13.6. The zero-order valence-corrected chi connectivity index (χ0v) is 9.59. The Hall–Kier alpha value is -0.740. The zero-order valence-electron chi connectivity index (χ0n) is 8.77. The number of nitrogens with zero attached hydrogens (tertiary/aromatic N) is 1. The number of aliphatic hydroxyl groups is 1. The van der Waals surface area contributed by atoms with E-state index in [9.17, 15) is 9.50 Å². The van der Waals surface area contributed by atoms with Gasteiger partial charge in [0.25, 0.3) is 0 Å². The highest BCUT2D eigenvalue weighted by atomic mass is 32.2. The molecule has 15 heavy (non-hydrogen) atoms. The highest BCUT2D eigenvalue weighted by Crippen LogP contribution is 2.41. The summed E-state index contributed by atoms with van der Waals surface area (Å²) in [4.78, 5) is 2.82. The summed E-state index contributed by atoms with van der Waals surface area (Å²) >= 11 is 1.55. The zero-order chi connectivity index (χ0) is 11.0. The minimum absolute atomic E-state index is 0.115. The van der Waals surface area contributed by atoms with Crippen molar-refractivity contribution in [1.29, 1.82) is 0 Å². The van der Waals surface area contributed by atoms with Crippen molar-refractivity contribution in [2.75, 3.05) is 18.6 Å². The van der Waals surface area contributed by atoms with Gasteiger partial charge in [-0.05, 0) is 19.1 Å². The van der Waals surface area contributed by atoms with E-state index in [0.717, 1.165) is 4.90 Å². The molecule has 82 valence electrons. The predicted molar refractivity (Wildman–Crippen MR) is 61.0 cm³/mol. The van der Waals surface area contributed by atoms with Crippen LogP contribution in [-0.2, 0) is 0 Å². The summed E-state index contributed by atoms with van der Waals surface area (Å²) in [7, 11) is 1.87. The molecule has 2 rings (SSSR count). The third-order valence-corrected chi connectivity index (χ3v) is 4.34. The molecule has 0 bridgehead atoms. The van der Waals surface area contributed by atoms with Crippen LogP contribution in [0.15, 0.2) is 23.1 Å². The second-order valence-corrected chi connectivity index (χ2v) is 5.06. The summed E-state index contributed by atoms with van der Waals surface area (Å²) < 4.78 is 13.6. The third-order valence-electron chi connectivity index (χ3n) is 2.91. The third kappa shape index (κ3) is 1.72. The number of thioether (sulfide) groups is 1. The fraction of sp³-hybridized carbons (Fsp3) is 0.455. The van der Waals surface area contributed by atoms with Gasteiger partial charge in [0.15, 0.2) is 0 Å².